The van der Waals surface area contributed by atoms with E-state index >= 15 is 0 Å². The lowest BCUT2D eigenvalue weighted by Crippen LogP contribution is -2.18. The summed E-state index contributed by atoms with van der Waals surface area (Å²) >= 11 is 1.32. The first-order chi connectivity index (χ1) is 12.0. The molecular weight excluding hydrogens is 334 g/mol. The fraction of sp³-hybridized carbons (Fsp3) is 0.444. The molecule has 0 radical (unpaired) electrons. The lowest BCUT2D eigenvalue weighted by molar-refractivity contribution is -0.113. The van der Waals surface area contributed by atoms with Crippen molar-refractivity contribution in [3.63, 3.8) is 0 Å². The number of rotatable bonds is 5. The van der Waals surface area contributed by atoms with Crippen LogP contribution in [0.1, 0.15) is 48.7 Å². The van der Waals surface area contributed by atoms with Crippen molar-refractivity contribution in [2.75, 3.05) is 11.1 Å². The Bertz CT molecular complexity index is 850. The minimum Gasteiger partial charge on any atom is -0.310 e. The average molecular weight is 355 g/mol. The van der Waals surface area contributed by atoms with E-state index in [-0.39, 0.29) is 17.7 Å². The number of anilines is 1. The number of nitrogens with one attached hydrogen (secondary N) is 1. The van der Waals surface area contributed by atoms with Crippen LogP contribution >= 0.6 is 11.8 Å². The molecule has 1 aliphatic carbocycles. The van der Waals surface area contributed by atoms with Crippen molar-refractivity contribution < 1.29 is 4.79 Å². The van der Waals surface area contributed by atoms with Crippen molar-refractivity contribution in [1.29, 1.82) is 5.26 Å². The third-order valence-electron chi connectivity index (χ3n) is 4.35. The molecule has 0 aromatic carbocycles. The molecule has 2 aromatic rings. The Labute approximate surface area is 151 Å². The topological polar surface area (TPSA) is 83.6 Å². The number of nitriles is 1. The first-order valence-electron chi connectivity index (χ1n) is 8.40. The van der Waals surface area contributed by atoms with E-state index in [0.29, 0.717) is 16.4 Å². The van der Waals surface area contributed by atoms with Crippen LogP contribution in [0.3, 0.4) is 0 Å². The third-order valence-corrected chi connectivity index (χ3v) is 5.32. The molecule has 7 heteroatoms. The number of hydrogen-bond acceptors (Lipinski definition) is 5. The van der Waals surface area contributed by atoms with E-state index in [9.17, 15) is 10.1 Å². The molecule has 3 rings (SSSR count). The highest BCUT2D eigenvalue weighted by molar-refractivity contribution is 8.00. The van der Waals surface area contributed by atoms with Gasteiger partial charge >= 0.3 is 0 Å². The van der Waals surface area contributed by atoms with Gasteiger partial charge in [-0.05, 0) is 51.2 Å². The van der Waals surface area contributed by atoms with Crippen LogP contribution in [0.5, 0.6) is 0 Å². The predicted molar refractivity (Wildman–Crippen MR) is 97.7 cm³/mol. The molecular formula is C18H21N5OS. The van der Waals surface area contributed by atoms with Crippen LogP contribution in [0.15, 0.2) is 17.3 Å². The third kappa shape index (κ3) is 3.54. The molecule has 0 saturated heterocycles. The Morgan fingerprint density at radius 1 is 1.48 bits per heavy atom. The summed E-state index contributed by atoms with van der Waals surface area (Å²) < 4.78 is 1.76. The van der Waals surface area contributed by atoms with Crippen molar-refractivity contribution in [2.24, 2.45) is 0 Å². The van der Waals surface area contributed by atoms with Gasteiger partial charge in [0.2, 0.25) is 5.91 Å². The zero-order valence-corrected chi connectivity index (χ0v) is 15.5. The first-order valence-corrected chi connectivity index (χ1v) is 9.38. The fourth-order valence-corrected chi connectivity index (χ4v) is 3.98. The van der Waals surface area contributed by atoms with Crippen LogP contribution in [0.2, 0.25) is 0 Å². The molecule has 0 unspecified atom stereocenters. The molecule has 1 aliphatic rings. The van der Waals surface area contributed by atoms with Crippen molar-refractivity contribution in [3.8, 4) is 6.07 Å². The van der Waals surface area contributed by atoms with Crippen LogP contribution in [-0.4, -0.2) is 26.4 Å². The molecule has 0 fully saturated rings. The highest BCUT2D eigenvalue weighted by atomic mass is 32.2. The van der Waals surface area contributed by atoms with E-state index in [0.717, 1.165) is 30.5 Å². The number of hydrogen-bond donors (Lipinski definition) is 1. The second-order valence-corrected chi connectivity index (χ2v) is 7.36. The molecule has 0 atom stereocenters. The van der Waals surface area contributed by atoms with Gasteiger partial charge in [-0.15, -0.1) is 0 Å². The van der Waals surface area contributed by atoms with Gasteiger partial charge in [0.15, 0.2) is 0 Å². The normalized spacial score (nSPS) is 12.9. The molecule has 0 aliphatic heterocycles. The predicted octanol–water partition coefficient (Wildman–Crippen LogP) is 3.26. The van der Waals surface area contributed by atoms with Gasteiger partial charge in [0.25, 0.3) is 0 Å². The van der Waals surface area contributed by atoms with E-state index in [2.05, 4.69) is 21.5 Å². The number of carbonyl (C=O) groups is 1. The van der Waals surface area contributed by atoms with Crippen LogP contribution in [-0.2, 0) is 17.6 Å². The van der Waals surface area contributed by atoms with Gasteiger partial charge < -0.3 is 5.32 Å². The van der Waals surface area contributed by atoms with Gasteiger partial charge in [0.05, 0.1) is 17.5 Å². The number of nitrogens with zero attached hydrogens (tertiary/aromatic N) is 4. The van der Waals surface area contributed by atoms with E-state index < -0.39 is 0 Å². The number of aromatic nitrogens is 3. The summed E-state index contributed by atoms with van der Waals surface area (Å²) in [6.07, 6.45) is 4.70. The summed E-state index contributed by atoms with van der Waals surface area (Å²) in [6, 6.07) is 4.21. The summed E-state index contributed by atoms with van der Waals surface area (Å²) in [7, 11) is 0. The maximum atomic E-state index is 12.3. The summed E-state index contributed by atoms with van der Waals surface area (Å²) in [5.74, 6) is 0.763. The lowest BCUT2D eigenvalue weighted by Gasteiger charge is -2.13. The monoisotopic (exact) mass is 355 g/mol. The summed E-state index contributed by atoms with van der Waals surface area (Å²) in [6.45, 7) is 6.00. The molecule has 25 heavy (non-hydrogen) atoms. The Morgan fingerprint density at radius 2 is 2.28 bits per heavy atom. The largest absolute Gasteiger partial charge is 0.310 e. The highest BCUT2D eigenvalue weighted by Gasteiger charge is 2.21. The van der Waals surface area contributed by atoms with Crippen LogP contribution in [0, 0.1) is 18.3 Å². The summed E-state index contributed by atoms with van der Waals surface area (Å²) in [5, 5.41) is 17.2. The number of carbonyl (C=O) groups excluding carboxylic acids is 1. The van der Waals surface area contributed by atoms with Crippen molar-refractivity contribution in [1.82, 2.24) is 14.8 Å². The van der Waals surface area contributed by atoms with Gasteiger partial charge in [-0.1, -0.05) is 11.8 Å². The van der Waals surface area contributed by atoms with Gasteiger partial charge in [0, 0.05) is 17.8 Å². The van der Waals surface area contributed by atoms with Crippen molar-refractivity contribution in [3.05, 3.63) is 34.6 Å². The van der Waals surface area contributed by atoms with E-state index in [1.807, 2.05) is 20.8 Å². The quantitative estimate of drug-likeness (QED) is 0.832. The second kappa shape index (κ2) is 7.28. The number of amides is 1. The zero-order valence-electron chi connectivity index (χ0n) is 14.7. The van der Waals surface area contributed by atoms with Crippen molar-refractivity contribution >= 4 is 23.5 Å². The second-order valence-electron chi connectivity index (χ2n) is 6.40. The molecule has 0 bridgehead atoms. The van der Waals surface area contributed by atoms with E-state index in [1.165, 1.54) is 17.3 Å². The maximum Gasteiger partial charge on any atom is 0.235 e. The number of pyridine rings is 1. The van der Waals surface area contributed by atoms with E-state index in [4.69, 9.17) is 0 Å². The Morgan fingerprint density at radius 3 is 3.00 bits per heavy atom. The Balaban J connectivity index is 1.72. The molecule has 2 aromatic heterocycles. The standard InChI is InChI=1S/C18H21N5OS/c1-11(2)23-16(7-8-20-23)22-17(24)10-25-18-14(9-19)12(3)13-5-4-6-15(13)21-18/h7-8,11H,4-6,10H2,1-3H3,(H,22,24). The van der Waals surface area contributed by atoms with Gasteiger partial charge in [-0.25, -0.2) is 9.67 Å². The number of fused-ring (bicyclic) bond motifs is 1. The van der Waals surface area contributed by atoms with Gasteiger partial charge in [-0.3, -0.25) is 4.79 Å². The lowest BCUT2D eigenvalue weighted by atomic mass is 10.0. The Kier molecular flexibility index (Phi) is 5.09. The summed E-state index contributed by atoms with van der Waals surface area (Å²) in [4.78, 5) is 16.9. The molecule has 0 saturated carbocycles. The van der Waals surface area contributed by atoms with Crippen LogP contribution in [0.25, 0.3) is 0 Å². The Hall–Kier alpha value is -2.33. The smallest absolute Gasteiger partial charge is 0.235 e. The molecule has 6 nitrogen and oxygen atoms in total. The summed E-state index contributed by atoms with van der Waals surface area (Å²) in [5.41, 5.74) is 3.92. The average Bonchev–Trinajstić information content (AvgIpc) is 3.22. The SMILES string of the molecule is Cc1c(C#N)c(SCC(=O)Nc2ccnn2C(C)C)nc2c1CCC2. The van der Waals surface area contributed by atoms with Crippen LogP contribution < -0.4 is 5.32 Å². The van der Waals surface area contributed by atoms with Crippen LogP contribution in [0.4, 0.5) is 5.82 Å². The number of thioether (sulfide) groups is 1. The van der Waals surface area contributed by atoms with E-state index in [1.54, 1.807) is 16.9 Å². The molecule has 0 spiro atoms. The fourth-order valence-electron chi connectivity index (χ4n) is 3.12. The molecule has 130 valence electrons. The van der Waals surface area contributed by atoms with Gasteiger partial charge in [-0.2, -0.15) is 10.4 Å². The molecule has 1 amide bonds. The number of aryl methyl sites for hydroxylation is 1. The molecule has 2 heterocycles. The zero-order chi connectivity index (χ0) is 18.0. The van der Waals surface area contributed by atoms with Gasteiger partial charge in [0.1, 0.15) is 16.9 Å². The highest BCUT2D eigenvalue weighted by Crippen LogP contribution is 2.31. The molecule has 1 N–H and O–H groups in total. The minimum atomic E-state index is -0.128. The minimum absolute atomic E-state index is 0.128. The maximum absolute atomic E-state index is 12.3. The first kappa shape index (κ1) is 17.5. The van der Waals surface area contributed by atoms with Crippen molar-refractivity contribution in [2.45, 2.75) is 51.1 Å².